The predicted octanol–water partition coefficient (Wildman–Crippen LogP) is 2.87. The molecular weight excluding hydrogens is 330 g/mol. The minimum Gasteiger partial charge on any atom is -0.440 e. The average Bonchev–Trinajstić information content (AvgIpc) is 2.99. The van der Waals surface area contributed by atoms with E-state index in [-0.39, 0.29) is 29.1 Å². The number of aromatic nitrogens is 1. The van der Waals surface area contributed by atoms with Crippen LogP contribution in [0.2, 0.25) is 5.22 Å². The van der Waals surface area contributed by atoms with E-state index in [1.165, 1.54) is 6.07 Å². The largest absolute Gasteiger partial charge is 0.440 e. The quantitative estimate of drug-likeness (QED) is 0.919. The number of pyridine rings is 1. The number of hydrogen-bond acceptors (Lipinski definition) is 5. The maximum absolute atomic E-state index is 11.9. The van der Waals surface area contributed by atoms with Crippen molar-refractivity contribution in [2.75, 3.05) is 18.0 Å². The van der Waals surface area contributed by atoms with E-state index in [4.69, 9.17) is 20.8 Å². The Hall–Kier alpha value is -2.05. The number of carbonyl (C=O) groups is 1. The number of hydrogen-bond donors (Lipinski definition) is 1. The van der Waals surface area contributed by atoms with Crippen molar-refractivity contribution < 1.29 is 13.9 Å². The molecule has 24 heavy (non-hydrogen) atoms. The molecular formula is C17H20ClN3O3. The summed E-state index contributed by atoms with van der Waals surface area (Å²) < 4.78 is 10.8. The van der Waals surface area contributed by atoms with Gasteiger partial charge in [-0.15, -0.1) is 0 Å². The molecule has 2 aromatic rings. The van der Waals surface area contributed by atoms with Crippen LogP contribution in [0.3, 0.4) is 0 Å². The summed E-state index contributed by atoms with van der Waals surface area (Å²) in [6.45, 7) is 6.15. The normalized spacial score (nSPS) is 20.9. The number of nitrogens with one attached hydrogen (secondary N) is 1. The number of rotatable bonds is 4. The van der Waals surface area contributed by atoms with Crippen molar-refractivity contribution in [3.63, 3.8) is 0 Å². The van der Waals surface area contributed by atoms with Crippen molar-refractivity contribution in [1.82, 2.24) is 10.3 Å². The molecule has 1 fully saturated rings. The van der Waals surface area contributed by atoms with Crippen molar-refractivity contribution in [2.24, 2.45) is 0 Å². The summed E-state index contributed by atoms with van der Waals surface area (Å²) >= 11 is 5.66. The predicted molar refractivity (Wildman–Crippen MR) is 91.3 cm³/mol. The van der Waals surface area contributed by atoms with Crippen molar-refractivity contribution >= 4 is 23.3 Å². The van der Waals surface area contributed by atoms with Gasteiger partial charge in [0, 0.05) is 25.8 Å². The summed E-state index contributed by atoms with van der Waals surface area (Å²) in [6, 6.07) is 7.01. The fraction of sp³-hybridized carbons (Fsp3) is 0.412. The van der Waals surface area contributed by atoms with Gasteiger partial charge in [-0.25, -0.2) is 4.98 Å². The lowest BCUT2D eigenvalue weighted by molar-refractivity contribution is -0.00546. The minimum absolute atomic E-state index is 0.189. The first-order valence-corrected chi connectivity index (χ1v) is 8.28. The summed E-state index contributed by atoms with van der Waals surface area (Å²) in [5.41, 5.74) is 0.916. The lowest BCUT2D eigenvalue weighted by Crippen LogP contribution is -2.45. The Balaban J connectivity index is 1.57. The second-order valence-electron chi connectivity index (χ2n) is 5.97. The van der Waals surface area contributed by atoms with Gasteiger partial charge < -0.3 is 19.4 Å². The molecule has 1 aliphatic rings. The third-order valence-electron chi connectivity index (χ3n) is 3.80. The van der Waals surface area contributed by atoms with Crippen LogP contribution in [0.15, 0.2) is 34.9 Å². The van der Waals surface area contributed by atoms with E-state index in [0.29, 0.717) is 6.54 Å². The van der Waals surface area contributed by atoms with Gasteiger partial charge in [0.1, 0.15) is 5.82 Å². The zero-order valence-electron chi connectivity index (χ0n) is 13.7. The van der Waals surface area contributed by atoms with Crippen LogP contribution < -0.4 is 10.2 Å². The molecule has 0 aromatic carbocycles. The molecule has 0 unspecified atom stereocenters. The Morgan fingerprint density at radius 1 is 1.29 bits per heavy atom. The molecule has 3 heterocycles. The first-order valence-electron chi connectivity index (χ1n) is 7.90. The van der Waals surface area contributed by atoms with Gasteiger partial charge in [0.05, 0.1) is 12.2 Å². The molecule has 0 saturated carbocycles. The smallest absolute Gasteiger partial charge is 0.287 e. The molecule has 1 amide bonds. The SMILES string of the molecule is C[C@@H]1CN(c2ccc(CNC(=O)c3ccc(Cl)o3)cn2)C[C@@H](C)O1. The van der Waals surface area contributed by atoms with Crippen molar-refractivity contribution in [3.05, 3.63) is 47.0 Å². The van der Waals surface area contributed by atoms with E-state index in [1.807, 2.05) is 12.1 Å². The Morgan fingerprint density at radius 3 is 2.62 bits per heavy atom. The Morgan fingerprint density at radius 2 is 2.04 bits per heavy atom. The van der Waals surface area contributed by atoms with Gasteiger partial charge in [-0.3, -0.25) is 4.79 Å². The molecule has 0 radical (unpaired) electrons. The van der Waals surface area contributed by atoms with Crippen LogP contribution in [-0.4, -0.2) is 36.2 Å². The molecule has 0 aliphatic carbocycles. The van der Waals surface area contributed by atoms with E-state index in [9.17, 15) is 4.79 Å². The minimum atomic E-state index is -0.304. The van der Waals surface area contributed by atoms with Crippen LogP contribution in [0.4, 0.5) is 5.82 Å². The van der Waals surface area contributed by atoms with Gasteiger partial charge in [-0.1, -0.05) is 6.07 Å². The maximum atomic E-state index is 11.9. The van der Waals surface area contributed by atoms with E-state index < -0.39 is 0 Å². The number of furan rings is 1. The van der Waals surface area contributed by atoms with Gasteiger partial charge in [0.25, 0.3) is 5.91 Å². The first-order chi connectivity index (χ1) is 11.5. The zero-order valence-corrected chi connectivity index (χ0v) is 14.4. The Labute approximate surface area is 145 Å². The lowest BCUT2D eigenvalue weighted by Gasteiger charge is -2.36. The number of ether oxygens (including phenoxy) is 1. The van der Waals surface area contributed by atoms with Crippen molar-refractivity contribution in [1.29, 1.82) is 0 Å². The molecule has 1 aliphatic heterocycles. The van der Waals surface area contributed by atoms with Crippen LogP contribution in [0, 0.1) is 0 Å². The van der Waals surface area contributed by atoms with Gasteiger partial charge in [-0.2, -0.15) is 0 Å². The molecule has 1 saturated heterocycles. The number of carbonyl (C=O) groups excluding carboxylic acids is 1. The second kappa shape index (κ2) is 7.23. The molecule has 1 N–H and O–H groups in total. The molecule has 0 bridgehead atoms. The first kappa shape index (κ1) is 16.8. The molecule has 0 spiro atoms. The highest BCUT2D eigenvalue weighted by Crippen LogP contribution is 2.18. The fourth-order valence-corrected chi connectivity index (χ4v) is 2.93. The summed E-state index contributed by atoms with van der Waals surface area (Å²) in [7, 11) is 0. The highest BCUT2D eigenvalue weighted by molar-refractivity contribution is 6.29. The monoisotopic (exact) mass is 349 g/mol. The third kappa shape index (κ3) is 4.07. The van der Waals surface area contributed by atoms with Crippen LogP contribution >= 0.6 is 11.6 Å². The average molecular weight is 350 g/mol. The molecule has 6 nitrogen and oxygen atoms in total. The van der Waals surface area contributed by atoms with Gasteiger partial charge in [0.2, 0.25) is 0 Å². The summed E-state index contributed by atoms with van der Waals surface area (Å²) in [6.07, 6.45) is 2.15. The standard InChI is InChI=1S/C17H20ClN3O3/c1-11-9-21(10-12(2)23-11)16-6-3-13(7-19-16)8-20-17(22)14-4-5-15(18)24-14/h3-7,11-12H,8-10H2,1-2H3,(H,20,22)/t11-,12-/m1/s1. The van der Waals surface area contributed by atoms with Gasteiger partial charge in [-0.05, 0) is 49.2 Å². The molecule has 2 aromatic heterocycles. The maximum Gasteiger partial charge on any atom is 0.287 e. The Kier molecular flexibility index (Phi) is 5.06. The number of halogens is 1. The summed E-state index contributed by atoms with van der Waals surface area (Å²) in [4.78, 5) is 18.6. The highest BCUT2D eigenvalue weighted by atomic mass is 35.5. The van der Waals surface area contributed by atoms with Gasteiger partial charge >= 0.3 is 0 Å². The number of nitrogens with zero attached hydrogens (tertiary/aromatic N) is 2. The lowest BCUT2D eigenvalue weighted by atomic mass is 10.2. The summed E-state index contributed by atoms with van der Waals surface area (Å²) in [5.74, 6) is 0.813. The van der Waals surface area contributed by atoms with Gasteiger partial charge in [0.15, 0.2) is 11.0 Å². The number of anilines is 1. The van der Waals surface area contributed by atoms with E-state index in [0.717, 1.165) is 24.5 Å². The van der Waals surface area contributed by atoms with Crippen molar-refractivity contribution in [2.45, 2.75) is 32.6 Å². The fourth-order valence-electron chi connectivity index (χ4n) is 2.78. The summed E-state index contributed by atoms with van der Waals surface area (Å²) in [5, 5.41) is 2.97. The van der Waals surface area contributed by atoms with Crippen LogP contribution in [0.25, 0.3) is 0 Å². The second-order valence-corrected chi connectivity index (χ2v) is 6.35. The Bertz CT molecular complexity index is 691. The molecule has 3 rings (SSSR count). The molecule has 7 heteroatoms. The molecule has 2 atom stereocenters. The molecule has 128 valence electrons. The van der Waals surface area contributed by atoms with E-state index >= 15 is 0 Å². The van der Waals surface area contributed by atoms with E-state index in [2.05, 4.69) is 29.0 Å². The zero-order chi connectivity index (χ0) is 17.1. The topological polar surface area (TPSA) is 67.6 Å². The van der Waals surface area contributed by atoms with Crippen LogP contribution in [-0.2, 0) is 11.3 Å². The number of morpholine rings is 1. The van der Waals surface area contributed by atoms with Crippen LogP contribution in [0.1, 0.15) is 30.0 Å². The number of amides is 1. The third-order valence-corrected chi connectivity index (χ3v) is 4.01. The van der Waals surface area contributed by atoms with Crippen LogP contribution in [0.5, 0.6) is 0 Å². The highest BCUT2D eigenvalue weighted by Gasteiger charge is 2.23. The van der Waals surface area contributed by atoms with E-state index in [1.54, 1.807) is 12.3 Å². The van der Waals surface area contributed by atoms with Crippen molar-refractivity contribution in [3.8, 4) is 0 Å².